The minimum atomic E-state index is -0.917. The number of carbonyl (C=O) groups excluding carboxylic acids is 2. The van der Waals surface area contributed by atoms with Gasteiger partial charge in [-0.3, -0.25) is 14.4 Å². The number of rotatable bonds is 17. The number of amides is 2. The molecule has 1 aliphatic rings. The molecule has 0 saturated heterocycles. The fourth-order valence-electron chi connectivity index (χ4n) is 6.39. The van der Waals surface area contributed by atoms with Crippen molar-refractivity contribution in [3.05, 3.63) is 122 Å². The molecule has 5 N–H and O–H groups in total. The van der Waals surface area contributed by atoms with Crippen molar-refractivity contribution in [2.24, 2.45) is 5.41 Å². The van der Waals surface area contributed by atoms with E-state index < -0.39 is 17.4 Å². The van der Waals surface area contributed by atoms with Crippen LogP contribution in [-0.2, 0) is 58.1 Å². The molecule has 2 amide bonds. The van der Waals surface area contributed by atoms with Gasteiger partial charge in [0.15, 0.2) is 0 Å². The maximum absolute atomic E-state index is 13.7. The maximum Gasteiger partial charge on any atom is 0.335 e. The van der Waals surface area contributed by atoms with Crippen LogP contribution in [0.1, 0.15) is 124 Å². The minimum Gasteiger partial charge on any atom is -0.656 e. The van der Waals surface area contributed by atoms with Crippen molar-refractivity contribution in [1.29, 1.82) is 0 Å². The van der Waals surface area contributed by atoms with E-state index in [4.69, 9.17) is 20.6 Å². The number of aromatic carboxylic acids is 1. The first-order valence-electron chi connectivity index (χ1n) is 19.1. The SMILES string of the molecule is CC(C)(CO)CC(=O)O.CCC(CC)[N-]Cc1cccc(C(=O)Nc2sc3c(c2C(=O)Nc2ccc(CCCc4ccc(C(=O)O)cc4)cc2)CCCC3)c1.[W]. The van der Waals surface area contributed by atoms with Gasteiger partial charge in [0.1, 0.15) is 5.00 Å². The molecule has 0 radical (unpaired) electrons. The number of benzene rings is 3. The molecule has 5 rings (SSSR count). The summed E-state index contributed by atoms with van der Waals surface area (Å²) in [5.74, 6) is -2.21. The van der Waals surface area contributed by atoms with E-state index in [1.165, 1.54) is 16.2 Å². The molecule has 300 valence electrons. The van der Waals surface area contributed by atoms with Gasteiger partial charge in [-0.15, -0.1) is 23.9 Å². The van der Waals surface area contributed by atoms with Crippen LogP contribution in [-0.4, -0.2) is 51.7 Å². The topological polar surface area (TPSA) is 167 Å². The second-order valence-electron chi connectivity index (χ2n) is 14.8. The van der Waals surface area contributed by atoms with Crippen LogP contribution in [0.2, 0.25) is 0 Å². The molecule has 10 nitrogen and oxygen atoms in total. The van der Waals surface area contributed by atoms with Crippen LogP contribution in [0.25, 0.3) is 5.32 Å². The molecule has 12 heteroatoms. The third kappa shape index (κ3) is 14.1. The number of hydrogen-bond donors (Lipinski definition) is 5. The third-order valence-electron chi connectivity index (χ3n) is 9.69. The molecule has 3 aromatic carbocycles. The molecular formula is C44H54N3O7SW-. The Morgan fingerprint density at radius 3 is 2.00 bits per heavy atom. The van der Waals surface area contributed by atoms with Gasteiger partial charge >= 0.3 is 11.9 Å². The Kier molecular flexibility index (Phi) is 18.6. The van der Waals surface area contributed by atoms with E-state index in [0.717, 1.165) is 80.0 Å². The van der Waals surface area contributed by atoms with Crippen LogP contribution in [0, 0.1) is 5.41 Å². The van der Waals surface area contributed by atoms with Gasteiger partial charge in [-0.25, -0.2) is 4.79 Å². The van der Waals surface area contributed by atoms with E-state index in [9.17, 15) is 19.2 Å². The van der Waals surface area contributed by atoms with Crippen LogP contribution in [0.15, 0.2) is 72.8 Å². The van der Waals surface area contributed by atoms with Crippen LogP contribution in [0.3, 0.4) is 0 Å². The second kappa shape index (κ2) is 22.6. The average molecular weight is 953 g/mol. The van der Waals surface area contributed by atoms with Crippen molar-refractivity contribution in [3.63, 3.8) is 0 Å². The summed E-state index contributed by atoms with van der Waals surface area (Å²) in [5, 5.41) is 37.5. The number of aliphatic carboxylic acids is 1. The van der Waals surface area contributed by atoms with Crippen LogP contribution in [0.4, 0.5) is 10.7 Å². The number of fused-ring (bicyclic) bond motifs is 1. The van der Waals surface area contributed by atoms with Gasteiger partial charge < -0.3 is 31.3 Å². The van der Waals surface area contributed by atoms with Gasteiger partial charge in [0.2, 0.25) is 0 Å². The Bertz CT molecular complexity index is 1900. The number of nitrogens with zero attached hydrogens (tertiary/aromatic N) is 1. The number of hydrogen-bond acceptors (Lipinski definition) is 6. The zero-order valence-corrected chi connectivity index (χ0v) is 36.5. The van der Waals surface area contributed by atoms with E-state index in [1.54, 1.807) is 32.0 Å². The Labute approximate surface area is 348 Å². The molecule has 0 atom stereocenters. The number of thiophene rings is 1. The number of aryl methyl sites for hydroxylation is 3. The Morgan fingerprint density at radius 1 is 0.804 bits per heavy atom. The first kappa shape index (κ1) is 46.2. The summed E-state index contributed by atoms with van der Waals surface area (Å²) in [7, 11) is 0. The molecule has 1 heterocycles. The van der Waals surface area contributed by atoms with E-state index in [-0.39, 0.29) is 45.9 Å². The Morgan fingerprint density at radius 2 is 1.43 bits per heavy atom. The largest absolute Gasteiger partial charge is 0.656 e. The Balaban J connectivity index is 0.000000750. The van der Waals surface area contributed by atoms with Gasteiger partial charge in [-0.05, 0) is 103 Å². The van der Waals surface area contributed by atoms with Gasteiger partial charge in [-0.1, -0.05) is 82.5 Å². The smallest absolute Gasteiger partial charge is 0.335 e. The first-order valence-corrected chi connectivity index (χ1v) is 19.9. The number of nitrogens with one attached hydrogen (secondary N) is 2. The molecule has 56 heavy (non-hydrogen) atoms. The molecular weight excluding hydrogens is 898 g/mol. The van der Waals surface area contributed by atoms with Gasteiger partial charge in [0, 0.05) is 43.8 Å². The number of aliphatic hydroxyl groups is 1. The molecule has 0 fully saturated rings. The molecule has 0 spiro atoms. The summed E-state index contributed by atoms with van der Waals surface area (Å²) in [4.78, 5) is 49.5. The minimum absolute atomic E-state index is 0. The van der Waals surface area contributed by atoms with Crippen molar-refractivity contribution >= 4 is 45.8 Å². The number of carbonyl (C=O) groups is 4. The number of anilines is 2. The third-order valence-corrected chi connectivity index (χ3v) is 10.9. The monoisotopic (exact) mass is 952 g/mol. The van der Waals surface area contributed by atoms with Gasteiger partial charge in [0.05, 0.1) is 17.5 Å². The average Bonchev–Trinajstić information content (AvgIpc) is 3.54. The van der Waals surface area contributed by atoms with E-state index in [2.05, 4.69) is 24.5 Å². The molecule has 0 aliphatic heterocycles. The zero-order valence-electron chi connectivity index (χ0n) is 32.7. The molecule has 1 aliphatic carbocycles. The standard InChI is InChI=1S/C38H42N3O4S.C6H12O3.W/c1-3-30(4-2)39-24-27-11-8-12-29(23-27)35(42)41-37-34(32-13-5-6-14-33(32)46-37)36(43)40-31-21-17-26(18-22-31)10-7-9-25-15-19-28(20-16-25)38(44)45;1-6(2,4-7)3-5(8)9;/h8,11-12,15-23,30H,3-7,9-10,13-14,24H2,1-2H3,(H,40,43)(H,41,42)(H,44,45);7H,3-4H2,1-2H3,(H,8,9);/q-1;;. The predicted molar refractivity (Wildman–Crippen MR) is 220 cm³/mol. The van der Waals surface area contributed by atoms with Crippen LogP contribution < -0.4 is 10.6 Å². The quantitative estimate of drug-likeness (QED) is 0.0703. The van der Waals surface area contributed by atoms with Crippen molar-refractivity contribution < 1.29 is 55.6 Å². The van der Waals surface area contributed by atoms with Crippen LogP contribution >= 0.6 is 11.3 Å². The molecule has 4 aromatic rings. The first-order chi connectivity index (χ1) is 26.3. The zero-order chi connectivity index (χ0) is 40.0. The van der Waals surface area contributed by atoms with E-state index >= 15 is 0 Å². The predicted octanol–water partition coefficient (Wildman–Crippen LogP) is 9.54. The van der Waals surface area contributed by atoms with Crippen molar-refractivity contribution in [2.75, 3.05) is 17.2 Å². The molecule has 1 aromatic heterocycles. The fourth-order valence-corrected chi connectivity index (χ4v) is 7.67. The summed E-state index contributed by atoms with van der Waals surface area (Å²) in [6.45, 7) is 8.20. The van der Waals surface area contributed by atoms with Crippen molar-refractivity contribution in [1.82, 2.24) is 0 Å². The van der Waals surface area contributed by atoms with Gasteiger partial charge in [-0.2, -0.15) is 0 Å². The normalized spacial score (nSPS) is 12.1. The van der Waals surface area contributed by atoms with Crippen molar-refractivity contribution in [3.8, 4) is 0 Å². The fraction of sp³-hybridized carbons (Fsp3) is 0.409. The van der Waals surface area contributed by atoms with E-state index in [1.807, 2.05) is 54.6 Å². The summed E-state index contributed by atoms with van der Waals surface area (Å²) in [6, 6.07) is 22.8. The molecule has 0 saturated carbocycles. The number of aliphatic hydroxyl groups excluding tert-OH is 1. The summed E-state index contributed by atoms with van der Waals surface area (Å²) in [5.41, 5.74) is 5.98. The molecule has 0 unspecified atom stereocenters. The Hall–Kier alpha value is -4.15. The molecule has 0 bridgehead atoms. The number of carboxylic acid groups (broad SMARTS) is 2. The van der Waals surface area contributed by atoms with Crippen molar-refractivity contribution in [2.45, 2.75) is 104 Å². The summed E-state index contributed by atoms with van der Waals surface area (Å²) >= 11 is 1.52. The maximum atomic E-state index is 13.7. The number of carboxylic acids is 2. The van der Waals surface area contributed by atoms with Gasteiger partial charge in [0.25, 0.3) is 11.8 Å². The summed E-state index contributed by atoms with van der Waals surface area (Å²) in [6.07, 6.45) is 8.53. The van der Waals surface area contributed by atoms with Crippen LogP contribution in [0.5, 0.6) is 0 Å². The second-order valence-corrected chi connectivity index (χ2v) is 15.9. The van der Waals surface area contributed by atoms with E-state index in [0.29, 0.717) is 40.0 Å². The summed E-state index contributed by atoms with van der Waals surface area (Å²) < 4.78 is 0.